The second-order valence-electron chi connectivity index (χ2n) is 7.90. The predicted octanol–water partition coefficient (Wildman–Crippen LogP) is 3.14. The molecule has 3 aromatic rings. The summed E-state index contributed by atoms with van der Waals surface area (Å²) in [4.78, 5) is 12.9. The molecule has 0 spiro atoms. The van der Waals surface area contributed by atoms with Gasteiger partial charge in [0.05, 0.1) is 10.4 Å². The second kappa shape index (κ2) is 8.57. The van der Waals surface area contributed by atoms with E-state index in [0.29, 0.717) is 36.5 Å². The first-order chi connectivity index (χ1) is 14.8. The van der Waals surface area contributed by atoms with Gasteiger partial charge in [-0.15, -0.1) is 5.10 Å². The van der Waals surface area contributed by atoms with E-state index in [1.165, 1.54) is 10.4 Å². The van der Waals surface area contributed by atoms with Gasteiger partial charge in [-0.2, -0.15) is 4.31 Å². The third-order valence-corrected chi connectivity index (χ3v) is 7.58. The number of nitrogens with zero attached hydrogens (tertiary/aromatic N) is 4. The zero-order chi connectivity index (χ0) is 22.2. The molecule has 0 aliphatic carbocycles. The van der Waals surface area contributed by atoms with Crippen LogP contribution >= 0.6 is 11.6 Å². The molecule has 1 aliphatic heterocycles. The minimum Gasteiger partial charge on any atom is -0.351 e. The summed E-state index contributed by atoms with van der Waals surface area (Å²) in [7, 11) is -3.85. The van der Waals surface area contributed by atoms with E-state index in [9.17, 15) is 13.2 Å². The molecule has 10 heteroatoms. The van der Waals surface area contributed by atoms with Crippen molar-refractivity contribution in [2.75, 3.05) is 6.54 Å². The fourth-order valence-electron chi connectivity index (χ4n) is 3.80. The van der Waals surface area contributed by atoms with Crippen LogP contribution in [0.2, 0.25) is 5.02 Å². The molecule has 0 bridgehead atoms. The van der Waals surface area contributed by atoms with Crippen molar-refractivity contribution in [3.8, 4) is 0 Å². The zero-order valence-electron chi connectivity index (χ0n) is 17.3. The van der Waals surface area contributed by atoms with Gasteiger partial charge in [0.2, 0.25) is 15.9 Å². The first-order valence-electron chi connectivity index (χ1n) is 10.2. The molecular weight excluding hydrogens is 438 g/mol. The second-order valence-corrected chi connectivity index (χ2v) is 10.2. The number of fused-ring (bicyclic) bond motifs is 1. The number of benzene rings is 2. The summed E-state index contributed by atoms with van der Waals surface area (Å²) in [6.45, 7) is 4.58. The first-order valence-corrected chi connectivity index (χ1v) is 12.0. The van der Waals surface area contributed by atoms with E-state index in [-0.39, 0.29) is 16.8 Å². The van der Waals surface area contributed by atoms with E-state index in [2.05, 4.69) is 15.6 Å². The van der Waals surface area contributed by atoms with Gasteiger partial charge in [-0.05, 0) is 62.6 Å². The molecule has 2 heterocycles. The van der Waals surface area contributed by atoms with Crippen molar-refractivity contribution < 1.29 is 13.2 Å². The Labute approximate surface area is 186 Å². The van der Waals surface area contributed by atoms with Gasteiger partial charge in [-0.25, -0.2) is 13.1 Å². The highest BCUT2D eigenvalue weighted by Gasteiger charge is 2.39. The molecule has 1 fully saturated rings. The summed E-state index contributed by atoms with van der Waals surface area (Å²) < 4.78 is 29.7. The quantitative estimate of drug-likeness (QED) is 0.608. The van der Waals surface area contributed by atoms with Crippen LogP contribution in [0.1, 0.15) is 38.3 Å². The number of halogens is 1. The van der Waals surface area contributed by atoms with Crippen molar-refractivity contribution in [1.29, 1.82) is 0 Å². The zero-order valence-corrected chi connectivity index (χ0v) is 18.9. The Kier molecular flexibility index (Phi) is 6.00. The summed E-state index contributed by atoms with van der Waals surface area (Å²) in [5.41, 5.74) is 2.18. The molecule has 164 valence electrons. The van der Waals surface area contributed by atoms with Crippen molar-refractivity contribution in [3.63, 3.8) is 0 Å². The molecule has 1 amide bonds. The minimum absolute atomic E-state index is 0.111. The lowest BCUT2D eigenvalue weighted by Crippen LogP contribution is -2.45. The minimum atomic E-state index is -3.85. The molecule has 31 heavy (non-hydrogen) atoms. The van der Waals surface area contributed by atoms with E-state index >= 15 is 0 Å². The highest BCUT2D eigenvalue weighted by Crippen LogP contribution is 2.28. The third-order valence-electron chi connectivity index (χ3n) is 5.42. The number of amides is 1. The topological polar surface area (TPSA) is 97.2 Å². The maximum atomic E-state index is 13.3. The maximum Gasteiger partial charge on any atom is 0.243 e. The van der Waals surface area contributed by atoms with Crippen molar-refractivity contribution in [1.82, 2.24) is 24.6 Å². The van der Waals surface area contributed by atoms with Gasteiger partial charge >= 0.3 is 0 Å². The summed E-state index contributed by atoms with van der Waals surface area (Å²) >= 11 is 5.89. The van der Waals surface area contributed by atoms with Gasteiger partial charge in [0, 0.05) is 24.2 Å². The normalized spacial score (nSPS) is 17.5. The van der Waals surface area contributed by atoms with Gasteiger partial charge in [0.1, 0.15) is 11.6 Å². The number of sulfonamides is 1. The average Bonchev–Trinajstić information content (AvgIpc) is 3.40. The van der Waals surface area contributed by atoms with Crippen LogP contribution in [-0.4, -0.2) is 46.2 Å². The van der Waals surface area contributed by atoms with E-state index in [4.69, 9.17) is 11.6 Å². The van der Waals surface area contributed by atoms with Crippen LogP contribution in [0.4, 0.5) is 0 Å². The summed E-state index contributed by atoms with van der Waals surface area (Å²) in [5, 5.41) is 11.7. The van der Waals surface area contributed by atoms with E-state index < -0.39 is 16.1 Å². The fraction of sp³-hybridized carbons (Fsp3) is 0.381. The average molecular weight is 462 g/mol. The molecule has 1 unspecified atom stereocenters. The van der Waals surface area contributed by atoms with Crippen LogP contribution in [-0.2, 0) is 21.4 Å². The number of rotatable bonds is 6. The number of carbonyl (C=O) groups is 1. The van der Waals surface area contributed by atoms with E-state index in [0.717, 1.165) is 11.1 Å². The molecule has 1 atom stereocenters. The maximum absolute atomic E-state index is 13.3. The van der Waals surface area contributed by atoms with Crippen molar-refractivity contribution in [2.24, 2.45) is 0 Å². The van der Waals surface area contributed by atoms with E-state index in [1.807, 2.05) is 26.0 Å². The molecule has 4 rings (SSSR count). The van der Waals surface area contributed by atoms with Gasteiger partial charge in [0.15, 0.2) is 0 Å². The molecule has 8 nitrogen and oxygen atoms in total. The lowest BCUT2D eigenvalue weighted by Gasteiger charge is -2.23. The molecule has 1 aliphatic rings. The first kappa shape index (κ1) is 21.7. The van der Waals surface area contributed by atoms with Crippen molar-refractivity contribution >= 4 is 38.6 Å². The number of aromatic nitrogens is 3. The van der Waals surface area contributed by atoms with E-state index in [1.54, 1.807) is 28.9 Å². The Hall–Kier alpha value is -2.49. The molecular formula is C21H24ClN5O3S. The standard InChI is InChI=1S/C21H24ClN5O3S/c1-14(2)27-19-10-9-17(12-18(19)24-25-27)31(29,30)26-11-3-4-20(26)21(28)23-13-15-5-7-16(22)8-6-15/h5-10,12,14,20H,3-4,11,13H2,1-2H3,(H,23,28). The molecule has 1 saturated heterocycles. The Morgan fingerprint density at radius 2 is 1.97 bits per heavy atom. The summed E-state index contributed by atoms with van der Waals surface area (Å²) in [6.07, 6.45) is 1.11. The van der Waals surface area contributed by atoms with Gasteiger partial charge < -0.3 is 5.32 Å². The summed E-state index contributed by atoms with van der Waals surface area (Å²) in [5.74, 6) is -0.303. The third kappa shape index (κ3) is 4.30. The number of hydrogen-bond acceptors (Lipinski definition) is 5. The van der Waals surface area contributed by atoms with Crippen LogP contribution in [0.3, 0.4) is 0 Å². The molecule has 2 aromatic carbocycles. The predicted molar refractivity (Wildman–Crippen MR) is 118 cm³/mol. The highest BCUT2D eigenvalue weighted by molar-refractivity contribution is 7.89. The fourth-order valence-corrected chi connectivity index (χ4v) is 5.60. The van der Waals surface area contributed by atoms with Gasteiger partial charge in [0.25, 0.3) is 0 Å². The van der Waals surface area contributed by atoms with Gasteiger partial charge in [-0.1, -0.05) is 28.9 Å². The van der Waals surface area contributed by atoms with Crippen molar-refractivity contribution in [2.45, 2.75) is 50.2 Å². The lowest BCUT2D eigenvalue weighted by molar-refractivity contribution is -0.124. The Morgan fingerprint density at radius 3 is 2.68 bits per heavy atom. The number of carbonyl (C=O) groups excluding carboxylic acids is 1. The lowest BCUT2D eigenvalue weighted by atomic mass is 10.2. The molecule has 1 aromatic heterocycles. The highest BCUT2D eigenvalue weighted by atomic mass is 35.5. The smallest absolute Gasteiger partial charge is 0.243 e. The SMILES string of the molecule is CC(C)n1nnc2cc(S(=O)(=O)N3CCCC3C(=O)NCc3ccc(Cl)cc3)ccc21. The largest absolute Gasteiger partial charge is 0.351 e. The van der Waals surface area contributed by atoms with Crippen molar-refractivity contribution in [3.05, 3.63) is 53.1 Å². The van der Waals surface area contributed by atoms with Gasteiger partial charge in [-0.3, -0.25) is 4.79 Å². The van der Waals surface area contributed by atoms with Crippen LogP contribution < -0.4 is 5.32 Å². The molecule has 0 radical (unpaired) electrons. The number of nitrogens with one attached hydrogen (secondary N) is 1. The Balaban J connectivity index is 1.53. The number of hydrogen-bond donors (Lipinski definition) is 1. The van der Waals surface area contributed by atoms with Crippen LogP contribution in [0.15, 0.2) is 47.4 Å². The van der Waals surface area contributed by atoms with Crippen LogP contribution in [0.25, 0.3) is 11.0 Å². The van der Waals surface area contributed by atoms with Crippen LogP contribution in [0.5, 0.6) is 0 Å². The molecule has 0 saturated carbocycles. The summed E-state index contributed by atoms with van der Waals surface area (Å²) in [6, 6.07) is 11.3. The monoisotopic (exact) mass is 461 g/mol. The van der Waals surface area contributed by atoms with Crippen LogP contribution in [0, 0.1) is 0 Å². The molecule has 1 N–H and O–H groups in total. The Bertz CT molecular complexity index is 1210. The Morgan fingerprint density at radius 1 is 1.23 bits per heavy atom.